The lowest BCUT2D eigenvalue weighted by Crippen LogP contribution is -2.19. The van der Waals surface area contributed by atoms with Gasteiger partial charge >= 0.3 is 0 Å². The van der Waals surface area contributed by atoms with Gasteiger partial charge in [-0.1, -0.05) is 35.7 Å². The van der Waals surface area contributed by atoms with Gasteiger partial charge in [0.25, 0.3) is 0 Å². The Kier molecular flexibility index (Phi) is 1.50. The van der Waals surface area contributed by atoms with Crippen LogP contribution >= 0.6 is 11.6 Å². The van der Waals surface area contributed by atoms with Gasteiger partial charge in [-0.2, -0.15) is 0 Å². The largest absolute Gasteiger partial charge is 0.0933 e. The van der Waals surface area contributed by atoms with E-state index in [2.05, 4.69) is 12.2 Å². The maximum Gasteiger partial charge on any atom is 0.00830 e. The van der Waals surface area contributed by atoms with Crippen LogP contribution in [0.2, 0.25) is 0 Å². The van der Waals surface area contributed by atoms with E-state index in [4.69, 9.17) is 11.6 Å². The summed E-state index contributed by atoms with van der Waals surface area (Å²) in [4.78, 5) is 0. The zero-order valence-corrected chi connectivity index (χ0v) is 9.76. The molecule has 2 unspecified atom stereocenters. The van der Waals surface area contributed by atoms with E-state index in [0.717, 1.165) is 11.8 Å². The zero-order valence-electron chi connectivity index (χ0n) is 9.01. The number of hydrogen-bond acceptors (Lipinski definition) is 0. The molecule has 0 aliphatic heterocycles. The summed E-state index contributed by atoms with van der Waals surface area (Å²) in [7, 11) is 0. The molecule has 15 heavy (non-hydrogen) atoms. The highest BCUT2D eigenvalue weighted by molar-refractivity contribution is 6.25. The summed E-state index contributed by atoms with van der Waals surface area (Å²) in [6.45, 7) is 0. The third-order valence-corrected chi connectivity index (χ3v) is 5.83. The first-order chi connectivity index (χ1) is 7.39. The zero-order chi connectivity index (χ0) is 10.1. The monoisotopic (exact) mass is 220 g/mol. The van der Waals surface area contributed by atoms with Gasteiger partial charge in [0.15, 0.2) is 0 Å². The Hall–Kier alpha value is -0.230. The smallest absolute Gasteiger partial charge is 0.00830 e. The molecule has 1 heteroatoms. The van der Waals surface area contributed by atoms with Gasteiger partial charge in [-0.3, -0.25) is 0 Å². The second kappa shape index (κ2) is 2.53. The SMILES string of the molecule is Cl/C=C/C12C3CCCC1C32C1=CCCC1. The lowest BCUT2D eigenvalue weighted by molar-refractivity contribution is 0.266. The van der Waals surface area contributed by atoms with E-state index in [-0.39, 0.29) is 0 Å². The minimum atomic E-state index is 0.559. The fraction of sp³-hybridized carbons (Fsp3) is 0.714. The van der Waals surface area contributed by atoms with E-state index in [0.29, 0.717) is 10.8 Å². The van der Waals surface area contributed by atoms with Gasteiger partial charge < -0.3 is 0 Å². The molecule has 3 fully saturated rings. The molecule has 4 aliphatic rings. The van der Waals surface area contributed by atoms with Crippen LogP contribution in [-0.4, -0.2) is 0 Å². The Morgan fingerprint density at radius 1 is 1.27 bits per heavy atom. The van der Waals surface area contributed by atoms with Crippen LogP contribution in [-0.2, 0) is 0 Å². The minimum absolute atomic E-state index is 0.559. The molecule has 80 valence electrons. The molecule has 4 aliphatic carbocycles. The predicted octanol–water partition coefficient (Wildman–Crippen LogP) is 4.27. The van der Waals surface area contributed by atoms with Crippen molar-refractivity contribution in [2.24, 2.45) is 22.7 Å². The molecule has 0 saturated heterocycles. The summed E-state index contributed by atoms with van der Waals surface area (Å²) in [6.07, 6.45) is 13.4. The molecule has 0 amide bonds. The summed E-state index contributed by atoms with van der Waals surface area (Å²) in [5.41, 5.74) is 4.80. The van der Waals surface area contributed by atoms with E-state index < -0.39 is 0 Å². The van der Waals surface area contributed by atoms with Crippen molar-refractivity contribution in [3.8, 4) is 0 Å². The van der Waals surface area contributed by atoms with Gasteiger partial charge in [-0.25, -0.2) is 0 Å². The Morgan fingerprint density at radius 3 is 2.67 bits per heavy atom. The molecular formula is C14H17Cl. The second-order valence-corrected chi connectivity index (χ2v) is 6.00. The lowest BCUT2D eigenvalue weighted by Gasteiger charge is -2.28. The molecule has 3 saturated carbocycles. The van der Waals surface area contributed by atoms with Gasteiger partial charge in [0.2, 0.25) is 0 Å². The average Bonchev–Trinajstić information content (AvgIpc) is 2.94. The summed E-state index contributed by atoms with van der Waals surface area (Å²) in [5.74, 6) is 1.95. The quantitative estimate of drug-likeness (QED) is 0.610. The van der Waals surface area contributed by atoms with Crippen molar-refractivity contribution in [1.29, 1.82) is 0 Å². The number of allylic oxidation sites excluding steroid dienone is 3. The molecule has 2 atom stereocenters. The Balaban J connectivity index is 1.75. The number of rotatable bonds is 2. The van der Waals surface area contributed by atoms with E-state index in [1.165, 1.54) is 38.5 Å². The van der Waals surface area contributed by atoms with Crippen LogP contribution in [0, 0.1) is 22.7 Å². The first-order valence-corrected chi connectivity index (χ1v) is 6.80. The third kappa shape index (κ3) is 0.712. The summed E-state index contributed by atoms with van der Waals surface area (Å²) < 4.78 is 0. The standard InChI is InChI=1S/C14H17Cl/c15-9-8-13-11-6-3-7-12(13)14(11,13)10-4-1-2-5-10/h4,8-9,11-12H,1-3,5-7H2/b9-8+. The Morgan fingerprint density at radius 2 is 2.07 bits per heavy atom. The van der Waals surface area contributed by atoms with Crippen LogP contribution in [0.5, 0.6) is 0 Å². The Labute approximate surface area is 96.4 Å². The fourth-order valence-electron chi connectivity index (χ4n) is 5.35. The summed E-state index contributed by atoms with van der Waals surface area (Å²) >= 11 is 5.83. The van der Waals surface area contributed by atoms with Crippen LogP contribution in [0.15, 0.2) is 23.3 Å². The first-order valence-electron chi connectivity index (χ1n) is 6.36. The van der Waals surface area contributed by atoms with Gasteiger partial charge in [-0.15, -0.1) is 0 Å². The third-order valence-electron chi connectivity index (χ3n) is 5.70. The molecule has 0 spiro atoms. The van der Waals surface area contributed by atoms with Crippen molar-refractivity contribution >= 4 is 11.6 Å². The second-order valence-electron chi connectivity index (χ2n) is 5.75. The molecule has 0 aromatic heterocycles. The van der Waals surface area contributed by atoms with Crippen molar-refractivity contribution in [2.45, 2.75) is 38.5 Å². The highest BCUT2D eigenvalue weighted by Gasteiger charge is 2.96. The van der Waals surface area contributed by atoms with Gasteiger partial charge in [-0.05, 0) is 43.9 Å². The van der Waals surface area contributed by atoms with Crippen molar-refractivity contribution in [3.63, 3.8) is 0 Å². The number of fused-ring (bicyclic) bond motifs is 2. The number of halogens is 1. The Bertz CT molecular complexity index is 365. The number of hydrogen-bond donors (Lipinski definition) is 0. The summed E-state index contributed by atoms with van der Waals surface area (Å²) in [5, 5.41) is 0. The molecule has 0 aromatic rings. The maximum absolute atomic E-state index is 5.83. The molecule has 0 N–H and O–H groups in total. The van der Waals surface area contributed by atoms with E-state index in [1.807, 2.05) is 5.57 Å². The molecule has 0 heterocycles. The topological polar surface area (TPSA) is 0 Å². The van der Waals surface area contributed by atoms with Crippen molar-refractivity contribution in [1.82, 2.24) is 0 Å². The normalized spacial score (nSPS) is 55.4. The highest BCUT2D eigenvalue weighted by atomic mass is 35.5. The lowest BCUT2D eigenvalue weighted by atomic mass is 9.76. The van der Waals surface area contributed by atoms with Crippen molar-refractivity contribution < 1.29 is 0 Å². The van der Waals surface area contributed by atoms with Crippen molar-refractivity contribution in [3.05, 3.63) is 23.3 Å². The molecule has 4 rings (SSSR count). The van der Waals surface area contributed by atoms with Crippen LogP contribution < -0.4 is 0 Å². The van der Waals surface area contributed by atoms with Crippen LogP contribution in [0.1, 0.15) is 38.5 Å². The van der Waals surface area contributed by atoms with Crippen molar-refractivity contribution in [2.75, 3.05) is 0 Å². The first kappa shape index (κ1) is 8.87. The van der Waals surface area contributed by atoms with Crippen LogP contribution in [0.3, 0.4) is 0 Å². The average molecular weight is 221 g/mol. The van der Waals surface area contributed by atoms with E-state index in [1.54, 1.807) is 5.54 Å². The molecule has 0 bridgehead atoms. The molecule has 0 nitrogen and oxygen atoms in total. The molecule has 0 radical (unpaired) electrons. The highest BCUT2D eigenvalue weighted by Crippen LogP contribution is 3.00. The minimum Gasteiger partial charge on any atom is -0.0933 e. The molecule has 0 aromatic carbocycles. The molecular weight excluding hydrogens is 204 g/mol. The maximum atomic E-state index is 5.83. The van der Waals surface area contributed by atoms with Crippen LogP contribution in [0.25, 0.3) is 0 Å². The summed E-state index contributed by atoms with van der Waals surface area (Å²) in [6, 6.07) is 0. The predicted molar refractivity (Wildman–Crippen MR) is 62.6 cm³/mol. The van der Waals surface area contributed by atoms with Gasteiger partial charge in [0.05, 0.1) is 0 Å². The van der Waals surface area contributed by atoms with Crippen LogP contribution in [0.4, 0.5) is 0 Å². The van der Waals surface area contributed by atoms with Gasteiger partial charge in [0.1, 0.15) is 0 Å². The van der Waals surface area contributed by atoms with E-state index in [9.17, 15) is 0 Å². The fourth-order valence-corrected chi connectivity index (χ4v) is 5.56. The van der Waals surface area contributed by atoms with E-state index >= 15 is 0 Å². The van der Waals surface area contributed by atoms with Gasteiger partial charge in [0, 0.05) is 16.4 Å².